The molecule has 124 valence electrons. The van der Waals surface area contributed by atoms with E-state index in [-0.39, 0.29) is 21.9 Å². The van der Waals surface area contributed by atoms with Gasteiger partial charge >= 0.3 is 5.92 Å². The Balaban J connectivity index is 2.13. The van der Waals surface area contributed by atoms with Gasteiger partial charge in [-0.05, 0) is 11.5 Å². The van der Waals surface area contributed by atoms with Gasteiger partial charge in [0.15, 0.2) is 5.82 Å². The first-order chi connectivity index (χ1) is 12.0. The first kappa shape index (κ1) is 15.6. The summed E-state index contributed by atoms with van der Waals surface area (Å²) >= 11 is 0. The number of hydrogen-bond donors (Lipinski definition) is 0. The van der Waals surface area contributed by atoms with Gasteiger partial charge in [0.25, 0.3) is 0 Å². The first-order valence-electron chi connectivity index (χ1n) is 7.60. The molecule has 1 heterocycles. The largest absolute Gasteiger partial charge is 0.315 e. The predicted octanol–water partition coefficient (Wildman–Crippen LogP) is 5.81. The number of benzene rings is 3. The van der Waals surface area contributed by atoms with Crippen molar-refractivity contribution in [2.45, 2.75) is 5.92 Å². The predicted molar refractivity (Wildman–Crippen MR) is 88.6 cm³/mol. The summed E-state index contributed by atoms with van der Waals surface area (Å²) < 4.78 is 58.0. The Kier molecular flexibility index (Phi) is 3.46. The number of fused-ring (bicyclic) bond motifs is 3. The van der Waals surface area contributed by atoms with Gasteiger partial charge in [0.1, 0.15) is 17.0 Å². The number of aromatic nitrogens is 1. The van der Waals surface area contributed by atoms with Crippen LogP contribution in [0.15, 0.2) is 66.7 Å². The molecule has 25 heavy (non-hydrogen) atoms. The monoisotopic (exact) mass is 341 g/mol. The molecule has 3 aromatic carbocycles. The van der Waals surface area contributed by atoms with Gasteiger partial charge in [-0.3, -0.25) is 0 Å². The molecule has 0 unspecified atom stereocenters. The maximum atomic E-state index is 15.1. The third-order valence-electron chi connectivity index (χ3n) is 4.16. The van der Waals surface area contributed by atoms with E-state index in [2.05, 4.69) is 4.98 Å². The minimum absolute atomic E-state index is 0.161. The summed E-state index contributed by atoms with van der Waals surface area (Å²) in [6, 6.07) is 15.2. The van der Waals surface area contributed by atoms with Crippen LogP contribution in [0.5, 0.6) is 0 Å². The average molecular weight is 341 g/mol. The molecule has 0 fully saturated rings. The Bertz CT molecular complexity index is 1090. The van der Waals surface area contributed by atoms with Crippen molar-refractivity contribution in [1.29, 1.82) is 0 Å². The van der Waals surface area contributed by atoms with Crippen LogP contribution in [0.4, 0.5) is 17.6 Å². The lowest BCUT2D eigenvalue weighted by Crippen LogP contribution is -2.18. The van der Waals surface area contributed by atoms with Gasteiger partial charge in [0, 0.05) is 22.4 Å². The van der Waals surface area contributed by atoms with Gasteiger partial charge in [0.2, 0.25) is 0 Å². The lowest BCUT2D eigenvalue weighted by molar-refractivity contribution is 0.0401. The summed E-state index contributed by atoms with van der Waals surface area (Å²) in [4.78, 5) is 3.90. The number of alkyl halides is 2. The number of hydrogen-bond acceptors (Lipinski definition) is 1. The Hall–Kier alpha value is -2.95. The molecule has 0 radical (unpaired) electrons. The first-order valence-corrected chi connectivity index (χ1v) is 7.60. The van der Waals surface area contributed by atoms with Gasteiger partial charge in [-0.25, -0.2) is 13.8 Å². The zero-order valence-corrected chi connectivity index (χ0v) is 12.8. The zero-order valence-electron chi connectivity index (χ0n) is 12.8. The highest BCUT2D eigenvalue weighted by molar-refractivity contribution is 6.07. The Morgan fingerprint density at radius 2 is 1.36 bits per heavy atom. The second-order valence-corrected chi connectivity index (χ2v) is 5.73. The summed E-state index contributed by atoms with van der Waals surface area (Å²) in [5.41, 5.74) is -1.06. The third kappa shape index (κ3) is 2.43. The van der Waals surface area contributed by atoms with E-state index in [1.54, 1.807) is 24.3 Å². The SMILES string of the molecule is Fc1cc(F)c2nc(C(F)(F)c3ccccc3)c3ccccc3c2c1. The van der Waals surface area contributed by atoms with Gasteiger partial charge in [0.05, 0.1) is 0 Å². The topological polar surface area (TPSA) is 12.9 Å². The molecule has 0 spiro atoms. The Morgan fingerprint density at radius 1 is 0.720 bits per heavy atom. The molecule has 1 aromatic heterocycles. The maximum Gasteiger partial charge on any atom is 0.315 e. The summed E-state index contributed by atoms with van der Waals surface area (Å²) in [5.74, 6) is -5.17. The van der Waals surface area contributed by atoms with Crippen molar-refractivity contribution in [3.63, 3.8) is 0 Å². The molecule has 4 rings (SSSR count). The molecule has 0 aliphatic heterocycles. The standard InChI is InChI=1S/C20H11F4N/c21-13-10-16-14-8-4-5-9-15(14)19(25-18(16)17(22)11-13)20(23,24)12-6-2-1-3-7-12/h1-11H. The van der Waals surface area contributed by atoms with E-state index in [0.29, 0.717) is 11.5 Å². The minimum Gasteiger partial charge on any atom is -0.242 e. The van der Waals surface area contributed by atoms with Crippen LogP contribution in [-0.4, -0.2) is 4.98 Å². The van der Waals surface area contributed by atoms with Crippen molar-refractivity contribution in [3.8, 4) is 0 Å². The number of pyridine rings is 1. The molecular weight excluding hydrogens is 330 g/mol. The number of nitrogens with zero attached hydrogens (tertiary/aromatic N) is 1. The van der Waals surface area contributed by atoms with Crippen molar-refractivity contribution in [1.82, 2.24) is 4.98 Å². The van der Waals surface area contributed by atoms with Crippen LogP contribution < -0.4 is 0 Å². The van der Waals surface area contributed by atoms with Crippen LogP contribution in [-0.2, 0) is 5.92 Å². The molecule has 0 amide bonds. The molecule has 0 aliphatic rings. The Labute approximate surface area is 140 Å². The van der Waals surface area contributed by atoms with Crippen molar-refractivity contribution >= 4 is 21.7 Å². The van der Waals surface area contributed by atoms with Crippen molar-refractivity contribution < 1.29 is 17.6 Å². The van der Waals surface area contributed by atoms with Gasteiger partial charge in [-0.15, -0.1) is 0 Å². The van der Waals surface area contributed by atoms with Crippen LogP contribution in [0.3, 0.4) is 0 Å². The van der Waals surface area contributed by atoms with E-state index < -0.39 is 23.3 Å². The maximum absolute atomic E-state index is 15.1. The van der Waals surface area contributed by atoms with Crippen LogP contribution in [0.1, 0.15) is 11.3 Å². The smallest absolute Gasteiger partial charge is 0.242 e. The fraction of sp³-hybridized carbons (Fsp3) is 0.0500. The fourth-order valence-electron chi connectivity index (χ4n) is 3.00. The van der Waals surface area contributed by atoms with Gasteiger partial charge in [-0.1, -0.05) is 54.6 Å². The van der Waals surface area contributed by atoms with Crippen LogP contribution in [0.25, 0.3) is 21.7 Å². The van der Waals surface area contributed by atoms with Crippen LogP contribution in [0.2, 0.25) is 0 Å². The molecule has 1 nitrogen and oxygen atoms in total. The summed E-state index contributed by atoms with van der Waals surface area (Å²) in [5, 5.41) is 0.658. The second-order valence-electron chi connectivity index (χ2n) is 5.73. The van der Waals surface area contributed by atoms with E-state index in [1.807, 2.05) is 0 Å². The average Bonchev–Trinajstić information content (AvgIpc) is 2.62. The van der Waals surface area contributed by atoms with E-state index in [4.69, 9.17) is 0 Å². The molecule has 0 saturated heterocycles. The lowest BCUT2D eigenvalue weighted by atomic mass is 9.97. The molecular formula is C20H11F4N. The summed E-state index contributed by atoms with van der Waals surface area (Å²) in [6.07, 6.45) is 0. The highest BCUT2D eigenvalue weighted by atomic mass is 19.3. The lowest BCUT2D eigenvalue weighted by Gasteiger charge is -2.19. The van der Waals surface area contributed by atoms with E-state index >= 15 is 8.78 Å². The molecule has 5 heteroatoms. The molecule has 0 aliphatic carbocycles. The number of rotatable bonds is 2. The summed E-state index contributed by atoms with van der Waals surface area (Å²) in [7, 11) is 0. The van der Waals surface area contributed by atoms with Crippen molar-refractivity contribution in [2.24, 2.45) is 0 Å². The van der Waals surface area contributed by atoms with Crippen LogP contribution >= 0.6 is 0 Å². The molecule has 0 atom stereocenters. The van der Waals surface area contributed by atoms with Crippen molar-refractivity contribution in [3.05, 3.63) is 89.6 Å². The van der Waals surface area contributed by atoms with Crippen LogP contribution in [0, 0.1) is 11.6 Å². The van der Waals surface area contributed by atoms with E-state index in [9.17, 15) is 8.78 Å². The van der Waals surface area contributed by atoms with Crippen molar-refractivity contribution in [2.75, 3.05) is 0 Å². The summed E-state index contributed by atoms with van der Waals surface area (Å²) in [6.45, 7) is 0. The Morgan fingerprint density at radius 3 is 2.08 bits per heavy atom. The van der Waals surface area contributed by atoms with Gasteiger partial charge < -0.3 is 0 Å². The molecule has 4 aromatic rings. The number of halogens is 4. The highest BCUT2D eigenvalue weighted by Gasteiger charge is 2.37. The van der Waals surface area contributed by atoms with Gasteiger partial charge in [-0.2, -0.15) is 8.78 Å². The molecule has 0 saturated carbocycles. The normalized spacial score (nSPS) is 12.0. The quantitative estimate of drug-likeness (QED) is 0.331. The highest BCUT2D eigenvalue weighted by Crippen LogP contribution is 2.40. The third-order valence-corrected chi connectivity index (χ3v) is 4.16. The molecule has 0 N–H and O–H groups in total. The zero-order chi connectivity index (χ0) is 17.6. The van der Waals surface area contributed by atoms with E-state index in [0.717, 1.165) is 6.07 Å². The van der Waals surface area contributed by atoms with E-state index in [1.165, 1.54) is 30.3 Å². The second kappa shape index (κ2) is 5.55. The molecule has 0 bridgehead atoms. The minimum atomic E-state index is -3.42. The fourth-order valence-corrected chi connectivity index (χ4v) is 3.00.